The Labute approximate surface area is 204 Å². The lowest BCUT2D eigenvalue weighted by atomic mass is 10.0. The lowest BCUT2D eigenvalue weighted by Crippen LogP contribution is -2.52. The Morgan fingerprint density at radius 1 is 1.17 bits per heavy atom. The van der Waals surface area contributed by atoms with Gasteiger partial charge in [0, 0.05) is 31.5 Å². The van der Waals surface area contributed by atoms with Crippen LogP contribution in [-0.2, 0) is 33.8 Å². The molecule has 2 N–H and O–H groups in total. The average molecular weight is 490 g/mol. The van der Waals surface area contributed by atoms with Crippen molar-refractivity contribution in [1.29, 1.82) is 0 Å². The van der Waals surface area contributed by atoms with Crippen LogP contribution in [0, 0.1) is 0 Å². The normalized spacial score (nSPS) is 19.5. The maximum atomic E-state index is 12.9. The fourth-order valence-corrected chi connectivity index (χ4v) is 4.76. The molecule has 1 fully saturated rings. The van der Waals surface area contributed by atoms with Gasteiger partial charge >= 0.3 is 0 Å². The first-order valence-corrected chi connectivity index (χ1v) is 11.6. The van der Waals surface area contributed by atoms with Crippen molar-refractivity contribution in [3.63, 3.8) is 0 Å². The molecule has 1 unspecified atom stereocenters. The molecule has 0 radical (unpaired) electrons. The summed E-state index contributed by atoms with van der Waals surface area (Å²) in [6.07, 6.45) is 4.30. The third-order valence-corrected chi connectivity index (χ3v) is 6.61. The molecule has 5 heterocycles. The fraction of sp³-hybridized carbons (Fsp3) is 0.348. The Kier molecular flexibility index (Phi) is 5.33. The first-order valence-electron chi connectivity index (χ1n) is 11.6. The molecule has 13 nitrogen and oxygen atoms in total. The summed E-state index contributed by atoms with van der Waals surface area (Å²) < 4.78 is 8.84. The Balaban J connectivity index is 1.18. The summed E-state index contributed by atoms with van der Waals surface area (Å²) in [5.74, 6) is -0.0387. The zero-order chi connectivity index (χ0) is 24.8. The molecule has 13 heteroatoms. The number of benzene rings is 1. The second kappa shape index (κ2) is 8.68. The number of imide groups is 1. The lowest BCUT2D eigenvalue weighted by Gasteiger charge is -2.29. The summed E-state index contributed by atoms with van der Waals surface area (Å²) in [7, 11) is 0. The molecule has 0 aliphatic carbocycles. The van der Waals surface area contributed by atoms with E-state index in [0.29, 0.717) is 49.7 Å². The lowest BCUT2D eigenvalue weighted by molar-refractivity contribution is -0.136. The van der Waals surface area contributed by atoms with E-state index >= 15 is 0 Å². The summed E-state index contributed by atoms with van der Waals surface area (Å²) in [6.45, 7) is 1.98. The minimum Gasteiger partial charge on any atom is -0.379 e. The summed E-state index contributed by atoms with van der Waals surface area (Å²) in [4.78, 5) is 55.3. The first-order chi connectivity index (χ1) is 17.5. The number of ether oxygens (including phenoxy) is 1. The molecule has 1 saturated heterocycles. The van der Waals surface area contributed by atoms with Crippen molar-refractivity contribution < 1.29 is 23.9 Å². The van der Waals surface area contributed by atoms with Crippen LogP contribution in [0.15, 0.2) is 30.6 Å². The van der Waals surface area contributed by atoms with E-state index in [-0.39, 0.29) is 30.5 Å². The van der Waals surface area contributed by atoms with Crippen LogP contribution in [0.25, 0.3) is 5.69 Å². The molecule has 3 aromatic rings. The van der Waals surface area contributed by atoms with Crippen LogP contribution in [-0.4, -0.2) is 72.3 Å². The van der Waals surface area contributed by atoms with Crippen LogP contribution in [0.3, 0.4) is 0 Å². The van der Waals surface area contributed by atoms with Gasteiger partial charge in [-0.3, -0.25) is 24.5 Å². The van der Waals surface area contributed by atoms with Crippen LogP contribution in [0.2, 0.25) is 0 Å². The molecule has 36 heavy (non-hydrogen) atoms. The smallest absolute Gasteiger partial charge is 0.279 e. The second-order valence-electron chi connectivity index (χ2n) is 8.82. The van der Waals surface area contributed by atoms with E-state index in [2.05, 4.69) is 25.9 Å². The van der Waals surface area contributed by atoms with Crippen molar-refractivity contribution in [2.75, 3.05) is 18.5 Å². The van der Waals surface area contributed by atoms with E-state index in [1.807, 2.05) is 4.57 Å². The van der Waals surface area contributed by atoms with Gasteiger partial charge in [0.15, 0.2) is 5.69 Å². The molecular weight excluding hydrogens is 468 g/mol. The molecule has 1 aromatic carbocycles. The number of carbonyl (C=O) groups excluding carboxylic acids is 4. The van der Waals surface area contributed by atoms with Gasteiger partial charge < -0.3 is 19.5 Å². The van der Waals surface area contributed by atoms with Crippen LogP contribution < -0.4 is 10.6 Å². The molecule has 184 valence electrons. The van der Waals surface area contributed by atoms with E-state index in [0.717, 1.165) is 11.4 Å². The molecule has 2 aromatic heterocycles. The van der Waals surface area contributed by atoms with E-state index in [1.54, 1.807) is 24.4 Å². The number of anilines is 1. The van der Waals surface area contributed by atoms with Crippen molar-refractivity contribution in [3.8, 4) is 5.69 Å². The van der Waals surface area contributed by atoms with E-state index < -0.39 is 17.9 Å². The van der Waals surface area contributed by atoms with E-state index in [4.69, 9.17) is 4.74 Å². The maximum absolute atomic E-state index is 12.9. The molecule has 0 bridgehead atoms. The minimum atomic E-state index is -0.683. The monoisotopic (exact) mass is 490 g/mol. The highest BCUT2D eigenvalue weighted by atomic mass is 16.5. The SMILES string of the molecule is O=C1CCC(N2Cc3cc(-n4cc(C(=O)Nc5cnc6n5CCOCC6)nn4)ccc3C2=O)C(=O)N1. The van der Waals surface area contributed by atoms with Gasteiger partial charge in [-0.25, -0.2) is 9.67 Å². The van der Waals surface area contributed by atoms with Crippen molar-refractivity contribution >= 4 is 29.4 Å². The van der Waals surface area contributed by atoms with Gasteiger partial charge in [-0.15, -0.1) is 5.10 Å². The largest absolute Gasteiger partial charge is 0.379 e. The Morgan fingerprint density at radius 3 is 2.92 bits per heavy atom. The predicted octanol–water partition coefficient (Wildman–Crippen LogP) is 0.0498. The van der Waals surface area contributed by atoms with Gasteiger partial charge in [0.25, 0.3) is 11.8 Å². The zero-order valence-corrected chi connectivity index (χ0v) is 19.1. The van der Waals surface area contributed by atoms with Crippen molar-refractivity contribution in [2.45, 2.75) is 38.4 Å². The third kappa shape index (κ3) is 3.82. The van der Waals surface area contributed by atoms with Gasteiger partial charge in [-0.2, -0.15) is 0 Å². The number of nitrogens with one attached hydrogen (secondary N) is 2. The molecule has 1 atom stereocenters. The summed E-state index contributed by atoms with van der Waals surface area (Å²) >= 11 is 0. The van der Waals surface area contributed by atoms with Gasteiger partial charge in [-0.1, -0.05) is 5.21 Å². The molecule has 0 spiro atoms. The van der Waals surface area contributed by atoms with Gasteiger partial charge in [0.05, 0.1) is 31.3 Å². The Hall–Kier alpha value is -4.39. The van der Waals surface area contributed by atoms with Crippen molar-refractivity contribution in [2.24, 2.45) is 0 Å². The summed E-state index contributed by atoms with van der Waals surface area (Å²) in [5, 5.41) is 13.2. The van der Waals surface area contributed by atoms with Crippen LogP contribution in [0.4, 0.5) is 5.82 Å². The fourth-order valence-electron chi connectivity index (χ4n) is 4.76. The topological polar surface area (TPSA) is 153 Å². The van der Waals surface area contributed by atoms with Gasteiger partial charge in [-0.05, 0) is 30.2 Å². The van der Waals surface area contributed by atoms with E-state index in [1.165, 1.54) is 15.8 Å². The number of fused-ring (bicyclic) bond motifs is 2. The van der Waals surface area contributed by atoms with E-state index in [9.17, 15) is 19.2 Å². The van der Waals surface area contributed by atoms with Gasteiger partial charge in [0.1, 0.15) is 17.7 Å². The molecule has 0 saturated carbocycles. The molecule has 4 amide bonds. The van der Waals surface area contributed by atoms with Crippen LogP contribution >= 0.6 is 0 Å². The zero-order valence-electron chi connectivity index (χ0n) is 19.1. The number of rotatable bonds is 4. The summed E-state index contributed by atoms with van der Waals surface area (Å²) in [6, 6.07) is 4.48. The highest BCUT2D eigenvalue weighted by Gasteiger charge is 2.39. The third-order valence-electron chi connectivity index (χ3n) is 6.61. The number of hydrogen-bond donors (Lipinski definition) is 2. The average Bonchev–Trinajstić information content (AvgIpc) is 3.53. The number of piperidine rings is 1. The second-order valence-corrected chi connectivity index (χ2v) is 8.82. The highest BCUT2D eigenvalue weighted by molar-refractivity contribution is 6.05. The van der Waals surface area contributed by atoms with Crippen molar-refractivity contribution in [1.82, 2.24) is 34.8 Å². The molecule has 6 rings (SSSR count). The highest BCUT2D eigenvalue weighted by Crippen LogP contribution is 2.29. The molecule has 3 aliphatic heterocycles. The Morgan fingerprint density at radius 2 is 2.06 bits per heavy atom. The summed E-state index contributed by atoms with van der Waals surface area (Å²) in [5.41, 5.74) is 1.96. The van der Waals surface area contributed by atoms with Crippen molar-refractivity contribution in [3.05, 3.63) is 53.2 Å². The number of nitrogens with zero attached hydrogens (tertiary/aromatic N) is 6. The number of imidazole rings is 1. The Bertz CT molecular complexity index is 1410. The number of carbonyl (C=O) groups is 4. The molecule has 3 aliphatic rings. The molecular formula is C23H22N8O5. The maximum Gasteiger partial charge on any atom is 0.279 e. The first kappa shape index (κ1) is 22.1. The van der Waals surface area contributed by atoms with Gasteiger partial charge in [0.2, 0.25) is 11.8 Å². The number of aromatic nitrogens is 5. The standard InChI is InChI=1S/C23H22N8O5/c32-20-4-3-17(22(34)26-20)30-11-13-9-14(1-2-15(13)23(30)35)31-12-16(27-28-31)21(33)25-19-10-24-18-5-7-36-8-6-29(18)19/h1-2,9-10,12,17H,3-8,11H2,(H,25,33)(H,26,32,34). The minimum absolute atomic E-state index is 0.122. The quantitative estimate of drug-likeness (QED) is 0.487. The number of hydrogen-bond acceptors (Lipinski definition) is 8. The van der Waals surface area contributed by atoms with Crippen LogP contribution in [0.5, 0.6) is 0 Å². The number of amides is 4. The predicted molar refractivity (Wildman–Crippen MR) is 122 cm³/mol. The van der Waals surface area contributed by atoms with Crippen LogP contribution in [0.1, 0.15) is 45.1 Å².